The van der Waals surface area contributed by atoms with Crippen molar-refractivity contribution in [2.24, 2.45) is 0 Å². The summed E-state index contributed by atoms with van der Waals surface area (Å²) in [5.41, 5.74) is 15.8. The molecule has 0 fully saturated rings. The predicted octanol–water partition coefficient (Wildman–Crippen LogP) is 10.7. The second kappa shape index (κ2) is 9.24. The first-order chi connectivity index (χ1) is 23.9. The number of rotatable bonds is 1. The van der Waals surface area contributed by atoms with Crippen LogP contribution in [0.3, 0.4) is 0 Å². The molecule has 0 spiro atoms. The average molecular weight is 629 g/mol. The molecule has 0 N–H and O–H groups in total. The lowest BCUT2D eigenvalue weighted by Crippen LogP contribution is -2.60. The van der Waals surface area contributed by atoms with Crippen LogP contribution in [0.4, 0.5) is 11.4 Å². The number of fused-ring (bicyclic) bond motifs is 12. The van der Waals surface area contributed by atoms with Crippen LogP contribution in [0.2, 0.25) is 0 Å². The number of aryl methyl sites for hydroxylation is 1. The maximum atomic E-state index is 6.77. The fraction of sp³-hybridized carbons (Fsp3) is 0.111. The Balaban J connectivity index is 1.34. The molecular formula is C45H33BN2O. The number of nitrogens with zero attached hydrogens (tertiary/aromatic N) is 2. The van der Waals surface area contributed by atoms with Crippen molar-refractivity contribution in [3.05, 3.63) is 139 Å². The quantitative estimate of drug-likeness (QED) is 0.169. The normalized spacial score (nSPS) is 13.6. The maximum Gasteiger partial charge on any atom is 0.333 e. The van der Waals surface area contributed by atoms with Gasteiger partial charge in [0.1, 0.15) is 5.58 Å². The van der Waals surface area contributed by atoms with Crippen LogP contribution in [0.25, 0.3) is 71.3 Å². The number of hydrogen-bond acceptors (Lipinski definition) is 2. The van der Waals surface area contributed by atoms with E-state index < -0.39 is 0 Å². The molecule has 0 unspecified atom stereocenters. The lowest BCUT2D eigenvalue weighted by molar-refractivity contribution is 0.590. The Labute approximate surface area is 285 Å². The van der Waals surface area contributed by atoms with Gasteiger partial charge in [-0.3, -0.25) is 0 Å². The van der Waals surface area contributed by atoms with E-state index in [2.05, 4.69) is 164 Å². The van der Waals surface area contributed by atoms with Gasteiger partial charge in [-0.15, -0.1) is 0 Å². The summed E-state index contributed by atoms with van der Waals surface area (Å²) in [7, 11) is 0. The highest BCUT2D eigenvalue weighted by molar-refractivity contribution is 6.93. The first-order valence-electron chi connectivity index (χ1n) is 17.3. The van der Waals surface area contributed by atoms with Crippen molar-refractivity contribution in [3.8, 4) is 16.8 Å². The number of benzene rings is 7. The summed E-state index contributed by atoms with van der Waals surface area (Å²) >= 11 is 0. The Morgan fingerprint density at radius 2 is 1.33 bits per heavy atom. The van der Waals surface area contributed by atoms with Crippen molar-refractivity contribution < 1.29 is 4.42 Å². The van der Waals surface area contributed by atoms with Crippen molar-refractivity contribution >= 4 is 83.7 Å². The molecule has 7 aromatic carbocycles. The second-order valence-electron chi connectivity index (χ2n) is 15.0. The largest absolute Gasteiger partial charge is 0.454 e. The molecule has 2 aromatic heterocycles. The van der Waals surface area contributed by atoms with Gasteiger partial charge in [0.05, 0.1) is 16.7 Å². The highest BCUT2D eigenvalue weighted by Crippen LogP contribution is 2.48. The third-order valence-corrected chi connectivity index (χ3v) is 11.1. The van der Waals surface area contributed by atoms with E-state index >= 15 is 0 Å². The number of furan rings is 1. The summed E-state index contributed by atoms with van der Waals surface area (Å²) in [5, 5.41) is 7.42. The van der Waals surface area contributed by atoms with Crippen molar-refractivity contribution in [2.75, 3.05) is 4.81 Å². The molecular weight excluding hydrogens is 595 g/mol. The van der Waals surface area contributed by atoms with Crippen molar-refractivity contribution in [1.29, 1.82) is 0 Å². The Kier molecular flexibility index (Phi) is 5.14. The number of anilines is 2. The number of para-hydroxylation sites is 3. The third-order valence-electron chi connectivity index (χ3n) is 11.1. The van der Waals surface area contributed by atoms with Gasteiger partial charge in [-0.2, -0.15) is 0 Å². The van der Waals surface area contributed by atoms with Crippen LogP contribution in [-0.2, 0) is 5.41 Å². The third kappa shape index (κ3) is 3.48. The molecule has 2 aliphatic rings. The number of hydrogen-bond donors (Lipinski definition) is 0. The standard InChI is InChI=1S/C45H33BN2O/c1-26-23-35-34-25-28(45(2,3)4)20-22-37(34)48(38-17-10-15-33-30-13-7-8-18-40(30)49-44(33)38)46-36-16-9-14-31-32-21-19-27-11-5-6-12-29(27)42(32)47(43(31)36)39(24-26)41(35)46/h5-25H,1-4H3. The van der Waals surface area contributed by atoms with E-state index in [0.717, 1.165) is 27.6 Å². The molecule has 4 heteroatoms. The zero-order valence-corrected chi connectivity index (χ0v) is 28.0. The fourth-order valence-electron chi connectivity index (χ4n) is 8.97. The smallest absolute Gasteiger partial charge is 0.333 e. The molecule has 2 aliphatic heterocycles. The molecule has 0 saturated carbocycles. The molecule has 0 saturated heterocycles. The Bertz CT molecular complexity index is 2900. The molecule has 9 aromatic rings. The molecule has 0 amide bonds. The van der Waals surface area contributed by atoms with E-state index in [-0.39, 0.29) is 12.3 Å². The Hall–Kier alpha value is -5.74. The number of aromatic nitrogens is 1. The van der Waals surface area contributed by atoms with Gasteiger partial charge in [0.25, 0.3) is 0 Å². The van der Waals surface area contributed by atoms with E-state index in [4.69, 9.17) is 4.42 Å². The van der Waals surface area contributed by atoms with Gasteiger partial charge in [0.2, 0.25) is 0 Å². The van der Waals surface area contributed by atoms with Crippen LogP contribution in [-0.4, -0.2) is 11.4 Å². The summed E-state index contributed by atoms with van der Waals surface area (Å²) < 4.78 is 9.36. The van der Waals surface area contributed by atoms with Crippen molar-refractivity contribution in [2.45, 2.75) is 33.1 Å². The lowest BCUT2D eigenvalue weighted by Gasteiger charge is -2.42. The zero-order chi connectivity index (χ0) is 32.8. The first-order valence-corrected chi connectivity index (χ1v) is 17.3. The summed E-state index contributed by atoms with van der Waals surface area (Å²) in [6.07, 6.45) is 0. The monoisotopic (exact) mass is 628 g/mol. The highest BCUT2D eigenvalue weighted by Gasteiger charge is 2.45. The SMILES string of the molecule is Cc1cc2c3c(c1)-n1c4c(cccc4c4ccc5ccccc5c41)B3N(c1cccc3c1oc1ccccc13)c1ccc(C(C)(C)C)cc1-2. The van der Waals surface area contributed by atoms with Gasteiger partial charge in [0.15, 0.2) is 5.58 Å². The second-order valence-corrected chi connectivity index (χ2v) is 15.0. The average Bonchev–Trinajstić information content (AvgIpc) is 3.67. The fourth-order valence-corrected chi connectivity index (χ4v) is 8.97. The van der Waals surface area contributed by atoms with Gasteiger partial charge in [0, 0.05) is 43.9 Å². The van der Waals surface area contributed by atoms with E-state index in [1.165, 1.54) is 77.1 Å². The van der Waals surface area contributed by atoms with E-state index in [1.54, 1.807) is 0 Å². The molecule has 0 aliphatic carbocycles. The van der Waals surface area contributed by atoms with Gasteiger partial charge >= 0.3 is 6.85 Å². The molecule has 0 bridgehead atoms. The highest BCUT2D eigenvalue weighted by atomic mass is 16.3. The minimum atomic E-state index is -0.0517. The molecule has 0 radical (unpaired) electrons. The van der Waals surface area contributed by atoms with E-state index in [0.29, 0.717) is 0 Å². The van der Waals surface area contributed by atoms with Crippen LogP contribution >= 0.6 is 0 Å². The minimum absolute atomic E-state index is 0.00759. The summed E-state index contributed by atoms with van der Waals surface area (Å²) in [6.45, 7) is 9.13. The van der Waals surface area contributed by atoms with Crippen molar-refractivity contribution in [1.82, 2.24) is 4.57 Å². The van der Waals surface area contributed by atoms with Gasteiger partial charge < -0.3 is 13.8 Å². The van der Waals surface area contributed by atoms with Gasteiger partial charge in [-0.05, 0) is 75.7 Å². The molecule has 0 atom stereocenters. The predicted molar refractivity (Wildman–Crippen MR) is 208 cm³/mol. The first kappa shape index (κ1) is 27.2. The van der Waals surface area contributed by atoms with Crippen LogP contribution in [0, 0.1) is 6.92 Å². The topological polar surface area (TPSA) is 21.3 Å². The Morgan fingerprint density at radius 3 is 2.20 bits per heavy atom. The molecule has 11 rings (SSSR count). The minimum Gasteiger partial charge on any atom is -0.454 e. The van der Waals surface area contributed by atoms with E-state index in [9.17, 15) is 0 Å². The zero-order valence-electron chi connectivity index (χ0n) is 28.0. The van der Waals surface area contributed by atoms with Gasteiger partial charge in [-0.1, -0.05) is 118 Å². The van der Waals surface area contributed by atoms with E-state index in [1.807, 2.05) is 0 Å². The maximum absolute atomic E-state index is 6.77. The summed E-state index contributed by atoms with van der Waals surface area (Å²) in [5.74, 6) is 0. The van der Waals surface area contributed by atoms with Gasteiger partial charge in [-0.25, -0.2) is 0 Å². The summed E-state index contributed by atoms with van der Waals surface area (Å²) in [4.78, 5) is 2.59. The lowest BCUT2D eigenvalue weighted by atomic mass is 9.44. The molecule has 49 heavy (non-hydrogen) atoms. The summed E-state index contributed by atoms with van der Waals surface area (Å²) in [6, 6.07) is 47.4. The Morgan fingerprint density at radius 1 is 0.571 bits per heavy atom. The molecule has 3 nitrogen and oxygen atoms in total. The van der Waals surface area contributed by atoms with Crippen LogP contribution in [0.15, 0.2) is 132 Å². The van der Waals surface area contributed by atoms with Crippen LogP contribution < -0.4 is 15.7 Å². The molecule has 4 heterocycles. The molecule has 232 valence electrons. The van der Waals surface area contributed by atoms with Crippen LogP contribution in [0.1, 0.15) is 31.9 Å². The van der Waals surface area contributed by atoms with Crippen LogP contribution in [0.5, 0.6) is 0 Å². The van der Waals surface area contributed by atoms with Crippen molar-refractivity contribution in [3.63, 3.8) is 0 Å².